The van der Waals surface area contributed by atoms with E-state index in [4.69, 9.17) is 31.8 Å². The predicted octanol–water partition coefficient (Wildman–Crippen LogP) is 4.49. The summed E-state index contributed by atoms with van der Waals surface area (Å²) in [5.74, 6) is 2.45. The molecule has 0 spiro atoms. The molecule has 37 heavy (non-hydrogen) atoms. The fourth-order valence-corrected chi connectivity index (χ4v) is 5.15. The topological polar surface area (TPSA) is 91.3 Å². The Kier molecular flexibility index (Phi) is 6.95. The molecule has 6 rings (SSSR count). The van der Waals surface area contributed by atoms with Crippen molar-refractivity contribution in [3.05, 3.63) is 77.0 Å². The van der Waals surface area contributed by atoms with Crippen molar-refractivity contribution >= 4 is 28.3 Å². The fraction of sp³-hybridized carbons (Fsp3) is 0.393. The van der Waals surface area contributed by atoms with Crippen LogP contribution in [0.25, 0.3) is 11.0 Å². The van der Waals surface area contributed by atoms with Crippen LogP contribution in [0.15, 0.2) is 54.7 Å². The van der Waals surface area contributed by atoms with Crippen molar-refractivity contribution in [3.8, 4) is 5.88 Å². The van der Waals surface area contributed by atoms with Crippen molar-refractivity contribution in [1.82, 2.24) is 24.4 Å². The van der Waals surface area contributed by atoms with E-state index in [-0.39, 0.29) is 12.2 Å². The van der Waals surface area contributed by atoms with Crippen LogP contribution in [-0.2, 0) is 24.2 Å². The Labute approximate surface area is 221 Å². The lowest BCUT2D eigenvalue weighted by atomic mass is 10.1. The lowest BCUT2D eigenvalue weighted by Gasteiger charge is -2.32. The molecule has 2 aliphatic rings. The number of ether oxygens (including phenoxy) is 2. The molecule has 2 aromatic carbocycles. The Morgan fingerprint density at radius 1 is 1.03 bits per heavy atom. The van der Waals surface area contributed by atoms with E-state index in [9.17, 15) is 0 Å². The van der Waals surface area contributed by atoms with Crippen LogP contribution >= 0.6 is 11.6 Å². The van der Waals surface area contributed by atoms with Gasteiger partial charge in [-0.25, -0.2) is 9.97 Å². The molecular formula is C28H31ClN6O2. The van der Waals surface area contributed by atoms with E-state index in [1.54, 1.807) is 6.20 Å². The monoisotopic (exact) mass is 518 g/mol. The molecule has 2 N–H and O–H groups in total. The minimum atomic E-state index is 0.136. The van der Waals surface area contributed by atoms with Crippen LogP contribution in [0.2, 0.25) is 5.02 Å². The summed E-state index contributed by atoms with van der Waals surface area (Å²) in [7, 11) is 0. The number of likely N-dealkylation sites (tertiary alicyclic amines) is 1. The third-order valence-electron chi connectivity index (χ3n) is 7.17. The number of anilines is 1. The van der Waals surface area contributed by atoms with Gasteiger partial charge in [-0.05, 0) is 55.2 Å². The number of hydrogen-bond acceptors (Lipinski definition) is 7. The van der Waals surface area contributed by atoms with Gasteiger partial charge in [-0.2, -0.15) is 4.98 Å². The number of nitrogen functional groups attached to an aromatic ring is 1. The first-order valence-corrected chi connectivity index (χ1v) is 13.3. The Morgan fingerprint density at radius 3 is 2.59 bits per heavy atom. The van der Waals surface area contributed by atoms with Crippen molar-refractivity contribution < 1.29 is 9.47 Å². The molecule has 0 unspecified atom stereocenters. The molecule has 192 valence electrons. The second-order valence-electron chi connectivity index (χ2n) is 9.88. The first kappa shape index (κ1) is 24.2. The number of aromatic nitrogens is 4. The highest BCUT2D eigenvalue weighted by atomic mass is 35.5. The zero-order valence-corrected chi connectivity index (χ0v) is 21.5. The Morgan fingerprint density at radius 2 is 1.84 bits per heavy atom. The van der Waals surface area contributed by atoms with Gasteiger partial charge in [0.15, 0.2) is 0 Å². The van der Waals surface area contributed by atoms with Gasteiger partial charge in [-0.15, -0.1) is 0 Å². The molecule has 0 radical (unpaired) electrons. The molecule has 2 fully saturated rings. The average Bonchev–Trinajstić information content (AvgIpc) is 3.20. The first-order chi connectivity index (χ1) is 18.1. The predicted molar refractivity (Wildman–Crippen MR) is 144 cm³/mol. The molecule has 0 amide bonds. The lowest BCUT2D eigenvalue weighted by Crippen LogP contribution is -2.39. The van der Waals surface area contributed by atoms with E-state index in [2.05, 4.69) is 25.5 Å². The Bertz CT molecular complexity index is 1360. The highest BCUT2D eigenvalue weighted by molar-refractivity contribution is 6.30. The van der Waals surface area contributed by atoms with E-state index in [0.717, 1.165) is 91.0 Å². The number of benzene rings is 2. The number of halogens is 1. The molecule has 0 saturated carbocycles. The molecule has 2 saturated heterocycles. The molecular weight excluding hydrogens is 488 g/mol. The van der Waals surface area contributed by atoms with Gasteiger partial charge >= 0.3 is 0 Å². The van der Waals surface area contributed by atoms with Crippen molar-refractivity contribution in [2.75, 3.05) is 25.4 Å². The average molecular weight is 519 g/mol. The minimum Gasteiger partial charge on any atom is -0.474 e. The number of piperidine rings is 1. The van der Waals surface area contributed by atoms with Crippen LogP contribution < -0.4 is 10.5 Å². The minimum absolute atomic E-state index is 0.136. The Hall–Kier alpha value is -3.20. The zero-order chi connectivity index (χ0) is 25.2. The maximum Gasteiger partial charge on any atom is 0.216 e. The summed E-state index contributed by atoms with van der Waals surface area (Å²) >= 11 is 5.99. The molecule has 2 aromatic heterocycles. The van der Waals surface area contributed by atoms with Crippen molar-refractivity contribution in [3.63, 3.8) is 0 Å². The molecule has 8 nitrogen and oxygen atoms in total. The highest BCUT2D eigenvalue weighted by Crippen LogP contribution is 2.25. The molecule has 9 heteroatoms. The van der Waals surface area contributed by atoms with Crippen LogP contribution in [0.5, 0.6) is 5.88 Å². The van der Waals surface area contributed by atoms with Crippen molar-refractivity contribution in [2.45, 2.75) is 51.0 Å². The number of nitrogens with zero attached hydrogens (tertiary/aromatic N) is 5. The van der Waals surface area contributed by atoms with Crippen LogP contribution in [0, 0.1) is 0 Å². The van der Waals surface area contributed by atoms with E-state index < -0.39 is 0 Å². The van der Waals surface area contributed by atoms with Crippen LogP contribution in [0.3, 0.4) is 0 Å². The molecule has 4 aromatic rings. The lowest BCUT2D eigenvalue weighted by molar-refractivity contribution is -0.0592. The van der Waals surface area contributed by atoms with Gasteiger partial charge in [0.1, 0.15) is 17.8 Å². The molecule has 1 atom stereocenters. The summed E-state index contributed by atoms with van der Waals surface area (Å²) in [5, 5.41) is 0.724. The van der Waals surface area contributed by atoms with E-state index in [1.165, 1.54) is 0 Å². The molecule has 4 heterocycles. The number of rotatable bonds is 8. The third-order valence-corrected chi connectivity index (χ3v) is 7.43. The van der Waals surface area contributed by atoms with Gasteiger partial charge in [0.05, 0.1) is 30.2 Å². The number of hydrogen-bond donors (Lipinski definition) is 1. The second kappa shape index (κ2) is 10.7. The Balaban J connectivity index is 1.07. The van der Waals surface area contributed by atoms with Gasteiger partial charge < -0.3 is 19.8 Å². The summed E-state index contributed by atoms with van der Waals surface area (Å²) < 4.78 is 14.3. The summed E-state index contributed by atoms with van der Waals surface area (Å²) in [6.07, 6.45) is 5.80. The van der Waals surface area contributed by atoms with Crippen molar-refractivity contribution in [1.29, 1.82) is 0 Å². The maximum absolute atomic E-state index is 6.26. The SMILES string of the molecule is Nc1ccc2c(c1)nc(CN1CCC(Oc3ccnc(Cc4ccc(Cl)cc4)n3)CC1)n2C[C@@H]1CCO1. The van der Waals surface area contributed by atoms with Gasteiger partial charge in [0, 0.05) is 49.1 Å². The normalized spacial score (nSPS) is 18.7. The fourth-order valence-electron chi connectivity index (χ4n) is 5.03. The summed E-state index contributed by atoms with van der Waals surface area (Å²) in [6.45, 7) is 4.37. The van der Waals surface area contributed by atoms with Gasteiger partial charge in [0.25, 0.3) is 0 Å². The first-order valence-electron chi connectivity index (χ1n) is 12.9. The quantitative estimate of drug-likeness (QED) is 0.344. The van der Waals surface area contributed by atoms with E-state index in [0.29, 0.717) is 12.3 Å². The summed E-state index contributed by atoms with van der Waals surface area (Å²) in [4.78, 5) is 16.5. The van der Waals surface area contributed by atoms with E-state index >= 15 is 0 Å². The van der Waals surface area contributed by atoms with Crippen LogP contribution in [-0.4, -0.2) is 56.3 Å². The largest absolute Gasteiger partial charge is 0.474 e. The zero-order valence-electron chi connectivity index (χ0n) is 20.7. The van der Waals surface area contributed by atoms with Gasteiger partial charge in [0.2, 0.25) is 5.88 Å². The number of nitrogens with two attached hydrogens (primary N) is 1. The van der Waals surface area contributed by atoms with Gasteiger partial charge in [-0.1, -0.05) is 23.7 Å². The molecule has 2 aliphatic heterocycles. The van der Waals surface area contributed by atoms with Crippen molar-refractivity contribution in [2.24, 2.45) is 0 Å². The highest BCUT2D eigenvalue weighted by Gasteiger charge is 2.25. The van der Waals surface area contributed by atoms with Crippen LogP contribution in [0.1, 0.15) is 36.5 Å². The van der Waals surface area contributed by atoms with Gasteiger partial charge in [-0.3, -0.25) is 4.90 Å². The maximum atomic E-state index is 6.26. The van der Waals surface area contributed by atoms with E-state index in [1.807, 2.05) is 42.5 Å². The summed E-state index contributed by atoms with van der Waals surface area (Å²) in [5.41, 5.74) is 9.95. The number of imidazole rings is 1. The number of fused-ring (bicyclic) bond motifs is 1. The standard InChI is InChI=1S/C28H31ClN6O2/c29-20-3-1-19(2-4-20)15-26-31-11-7-28(33-26)37-22-8-12-34(13-9-22)18-27-32-24-16-21(30)5-6-25(24)35(27)17-23-10-14-36-23/h1-7,11,16,22-23H,8-10,12-15,17-18,30H2/t23-/m0/s1. The molecule has 0 bridgehead atoms. The smallest absolute Gasteiger partial charge is 0.216 e. The third kappa shape index (κ3) is 5.71. The molecule has 0 aliphatic carbocycles. The second-order valence-corrected chi connectivity index (χ2v) is 10.3. The summed E-state index contributed by atoms with van der Waals surface area (Å²) in [6, 6.07) is 15.6. The van der Waals surface area contributed by atoms with Crippen LogP contribution in [0.4, 0.5) is 5.69 Å².